The number of hydrogen-bond acceptors (Lipinski definition) is 4. The van der Waals surface area contributed by atoms with Gasteiger partial charge in [0.05, 0.1) is 19.3 Å². The number of ether oxygens (including phenoxy) is 1. The van der Waals surface area contributed by atoms with E-state index in [1.807, 2.05) is 12.2 Å². The molecule has 0 heterocycles. The molecule has 0 amide bonds. The lowest BCUT2D eigenvalue weighted by Gasteiger charge is -2.23. The van der Waals surface area contributed by atoms with E-state index in [0.29, 0.717) is 48.6 Å². The van der Waals surface area contributed by atoms with E-state index in [1.165, 1.54) is 0 Å². The molecule has 0 spiro atoms. The van der Waals surface area contributed by atoms with Gasteiger partial charge in [-0.1, -0.05) is 23.8 Å². The van der Waals surface area contributed by atoms with Crippen LogP contribution in [-0.4, -0.2) is 39.4 Å². The molecule has 4 atom stereocenters. The quantitative estimate of drug-likeness (QED) is 0.304. The molecule has 1 aliphatic carbocycles. The molecule has 0 radical (unpaired) electrons. The summed E-state index contributed by atoms with van der Waals surface area (Å²) in [6, 6.07) is 5.08. The summed E-state index contributed by atoms with van der Waals surface area (Å²) in [5.74, 6) is -0.257. The first-order valence-electron chi connectivity index (χ1n) is 9.12. The molecule has 1 fully saturated rings. The Labute approximate surface area is 169 Å². The average molecular weight is 417 g/mol. The first-order valence-corrected chi connectivity index (χ1v) is 9.94. The van der Waals surface area contributed by atoms with Crippen LogP contribution in [0.3, 0.4) is 0 Å². The molecule has 2 rings (SSSR count). The van der Waals surface area contributed by atoms with Gasteiger partial charge in [0.2, 0.25) is 0 Å². The molecule has 0 aliphatic heterocycles. The van der Waals surface area contributed by atoms with Crippen LogP contribution in [0.1, 0.15) is 37.7 Å². The van der Waals surface area contributed by atoms with Gasteiger partial charge in [-0.25, -0.2) is 0 Å². The molecule has 0 unspecified atom stereocenters. The summed E-state index contributed by atoms with van der Waals surface area (Å²) < 4.78 is 5.83. The van der Waals surface area contributed by atoms with E-state index in [4.69, 9.17) is 33.0 Å². The summed E-state index contributed by atoms with van der Waals surface area (Å²) in [5.41, 5.74) is 0.667. The number of carboxylic acid groups (broad SMARTS) is 1. The minimum absolute atomic E-state index is 0.0777. The molecule has 150 valence electrons. The highest BCUT2D eigenvalue weighted by Crippen LogP contribution is 2.39. The number of hydrogen-bond donors (Lipinski definition) is 3. The van der Waals surface area contributed by atoms with Crippen LogP contribution in [0.5, 0.6) is 5.75 Å². The highest BCUT2D eigenvalue weighted by molar-refractivity contribution is 6.30. The van der Waals surface area contributed by atoms with E-state index in [-0.39, 0.29) is 30.2 Å². The number of aliphatic hydroxyl groups is 2. The molecule has 7 heteroatoms. The number of carboxylic acids is 1. The monoisotopic (exact) mass is 416 g/mol. The Kier molecular flexibility index (Phi) is 8.90. The van der Waals surface area contributed by atoms with Crippen molar-refractivity contribution in [3.8, 4) is 5.75 Å². The fraction of sp³-hybridized carbons (Fsp3) is 0.550. The van der Waals surface area contributed by atoms with Gasteiger partial charge < -0.3 is 20.1 Å². The van der Waals surface area contributed by atoms with Crippen molar-refractivity contribution in [1.82, 2.24) is 0 Å². The highest BCUT2D eigenvalue weighted by atomic mass is 35.5. The third-order valence-corrected chi connectivity index (χ3v) is 5.59. The van der Waals surface area contributed by atoms with Gasteiger partial charge in [-0.15, -0.1) is 11.6 Å². The zero-order valence-corrected chi connectivity index (χ0v) is 16.6. The summed E-state index contributed by atoms with van der Waals surface area (Å²) in [4.78, 5) is 10.5. The number of unbranched alkanes of at least 4 members (excludes halogenated alkanes) is 1. The molecule has 0 saturated heterocycles. The van der Waals surface area contributed by atoms with Crippen LogP contribution in [0.25, 0.3) is 0 Å². The maximum absolute atomic E-state index is 10.5. The lowest BCUT2D eigenvalue weighted by Crippen LogP contribution is -2.27. The van der Waals surface area contributed by atoms with Gasteiger partial charge in [0.1, 0.15) is 5.75 Å². The lowest BCUT2D eigenvalue weighted by atomic mass is 9.92. The highest BCUT2D eigenvalue weighted by Gasteiger charge is 2.41. The number of allylic oxidation sites excluding steroid dienone is 2. The Morgan fingerprint density at radius 1 is 1.26 bits per heavy atom. The molecule has 5 nitrogen and oxygen atoms in total. The third-order valence-electron chi connectivity index (χ3n) is 4.87. The van der Waals surface area contributed by atoms with Crippen molar-refractivity contribution in [2.24, 2.45) is 11.8 Å². The maximum Gasteiger partial charge on any atom is 0.303 e. The number of rotatable bonds is 10. The molecular formula is C20H26Cl2O5. The zero-order valence-electron chi connectivity index (χ0n) is 15.1. The van der Waals surface area contributed by atoms with E-state index in [2.05, 4.69) is 0 Å². The Hall–Kier alpha value is -1.27. The number of alkyl halides is 1. The van der Waals surface area contributed by atoms with Crippen molar-refractivity contribution in [1.29, 1.82) is 0 Å². The van der Waals surface area contributed by atoms with E-state index in [0.717, 1.165) is 0 Å². The van der Waals surface area contributed by atoms with E-state index >= 15 is 0 Å². The smallest absolute Gasteiger partial charge is 0.303 e. The van der Waals surface area contributed by atoms with Crippen LogP contribution >= 0.6 is 23.2 Å². The number of halogens is 2. The van der Waals surface area contributed by atoms with Crippen LogP contribution in [0.2, 0.25) is 5.02 Å². The molecule has 1 aliphatic rings. The molecule has 1 aromatic rings. The summed E-state index contributed by atoms with van der Waals surface area (Å²) in [7, 11) is 0. The van der Waals surface area contributed by atoms with Crippen molar-refractivity contribution in [2.45, 2.75) is 50.2 Å². The predicted octanol–water partition coefficient (Wildman–Crippen LogP) is 4.02. The summed E-state index contributed by atoms with van der Waals surface area (Å²) in [6.07, 6.45) is 6.16. The second-order valence-corrected chi connectivity index (χ2v) is 7.90. The first kappa shape index (κ1) is 22.0. The largest absolute Gasteiger partial charge is 0.493 e. The first-order chi connectivity index (χ1) is 12.9. The Morgan fingerprint density at radius 3 is 2.74 bits per heavy atom. The minimum Gasteiger partial charge on any atom is -0.493 e. The molecule has 0 aromatic heterocycles. The molecule has 1 aromatic carbocycles. The Bertz CT molecular complexity index is 649. The van der Waals surface area contributed by atoms with Crippen molar-refractivity contribution >= 4 is 29.2 Å². The topological polar surface area (TPSA) is 87.0 Å². The number of carbonyl (C=O) groups is 1. The van der Waals surface area contributed by atoms with Gasteiger partial charge >= 0.3 is 5.97 Å². The molecule has 1 saturated carbocycles. The Morgan fingerprint density at radius 2 is 2.04 bits per heavy atom. The average Bonchev–Trinajstić information content (AvgIpc) is 2.88. The Balaban J connectivity index is 1.90. The van der Waals surface area contributed by atoms with Crippen LogP contribution < -0.4 is 4.74 Å². The van der Waals surface area contributed by atoms with Gasteiger partial charge in [0.15, 0.2) is 0 Å². The maximum atomic E-state index is 10.5. The molecule has 27 heavy (non-hydrogen) atoms. The fourth-order valence-electron chi connectivity index (χ4n) is 3.42. The predicted molar refractivity (Wildman–Crippen MR) is 105 cm³/mol. The van der Waals surface area contributed by atoms with Crippen LogP contribution in [0, 0.1) is 11.8 Å². The van der Waals surface area contributed by atoms with Gasteiger partial charge in [0, 0.05) is 22.7 Å². The lowest BCUT2D eigenvalue weighted by molar-refractivity contribution is -0.137. The van der Waals surface area contributed by atoms with Gasteiger partial charge in [-0.3, -0.25) is 4.79 Å². The summed E-state index contributed by atoms with van der Waals surface area (Å²) >= 11 is 12.4. The molecule has 0 bridgehead atoms. The van der Waals surface area contributed by atoms with Crippen molar-refractivity contribution in [3.05, 3.63) is 40.9 Å². The zero-order chi connectivity index (χ0) is 19.8. The standard InChI is InChI=1S/C20H26Cl2O5/c21-14-7-13(11-23)8-15(9-14)27-12-17-16(18(22)10-19(17)24)5-3-1-2-4-6-20(25)26/h1,3,7-9,16-19,23-24H,2,4-6,10-12H2,(H,25,26)/b3-1-/t16-,17-,18+,19-/m1/s1. The SMILES string of the molecule is O=C(O)CCC/C=C\C[C@@H]1[C@@H](COc2cc(Cl)cc(CO)c2)[C@H](O)C[C@@H]1Cl. The summed E-state index contributed by atoms with van der Waals surface area (Å²) in [5, 5.41) is 28.6. The molecular weight excluding hydrogens is 391 g/mol. The van der Waals surface area contributed by atoms with Crippen LogP contribution in [-0.2, 0) is 11.4 Å². The normalized spacial score (nSPS) is 25.2. The van der Waals surface area contributed by atoms with Crippen molar-refractivity contribution in [3.63, 3.8) is 0 Å². The van der Waals surface area contributed by atoms with E-state index in [9.17, 15) is 15.0 Å². The van der Waals surface area contributed by atoms with Gasteiger partial charge in [-0.2, -0.15) is 0 Å². The van der Waals surface area contributed by atoms with Crippen molar-refractivity contribution < 1.29 is 24.9 Å². The van der Waals surface area contributed by atoms with Gasteiger partial charge in [0.25, 0.3) is 0 Å². The fourth-order valence-corrected chi connectivity index (χ4v) is 4.14. The summed E-state index contributed by atoms with van der Waals surface area (Å²) in [6.45, 7) is 0.190. The minimum atomic E-state index is -0.786. The van der Waals surface area contributed by atoms with E-state index < -0.39 is 12.1 Å². The number of aliphatic hydroxyl groups excluding tert-OH is 2. The van der Waals surface area contributed by atoms with Crippen LogP contribution in [0.4, 0.5) is 0 Å². The molecule has 3 N–H and O–H groups in total. The third kappa shape index (κ3) is 7.00. The second kappa shape index (κ2) is 10.9. The second-order valence-electron chi connectivity index (χ2n) is 6.90. The van der Waals surface area contributed by atoms with Crippen LogP contribution in [0.15, 0.2) is 30.4 Å². The van der Waals surface area contributed by atoms with E-state index in [1.54, 1.807) is 18.2 Å². The van der Waals surface area contributed by atoms with Crippen molar-refractivity contribution in [2.75, 3.05) is 6.61 Å². The number of aliphatic carboxylic acids is 1. The number of benzene rings is 1. The van der Waals surface area contributed by atoms with Gasteiger partial charge in [-0.05, 0) is 55.4 Å².